The third-order valence-electron chi connectivity index (χ3n) is 11.3. The second-order valence-electron chi connectivity index (χ2n) is 17.0. The maximum atomic E-state index is 9.45. The second-order valence-corrected chi connectivity index (χ2v) is 17.0. The largest absolute Gasteiger partial charge is 0.415 e. The summed E-state index contributed by atoms with van der Waals surface area (Å²) in [6.45, 7) is 15.0. The van der Waals surface area contributed by atoms with E-state index in [0.29, 0.717) is 69.1 Å². The molecule has 8 aromatic rings. The Morgan fingerprint density at radius 2 is 1.07 bits per heavy atom. The minimum Gasteiger partial charge on any atom is -0.415 e. The number of hydrogen-bond acceptors (Lipinski definition) is 17. The maximum Gasteiger partial charge on any atom is 0.268 e. The molecule has 0 spiro atoms. The quantitative estimate of drug-likeness (QED) is 0.103. The van der Waals surface area contributed by atoms with Crippen molar-refractivity contribution in [3.8, 4) is 80.7 Å². The number of anilines is 2. The summed E-state index contributed by atoms with van der Waals surface area (Å²) < 4.78 is 11.9. The van der Waals surface area contributed by atoms with Gasteiger partial charge < -0.3 is 24.4 Å². The average Bonchev–Trinajstić information content (AvgIpc) is 4.04. The lowest BCUT2D eigenvalue weighted by Gasteiger charge is -2.33. The third kappa shape index (κ3) is 10.2. The van der Waals surface area contributed by atoms with Crippen LogP contribution in [0.4, 0.5) is 11.4 Å². The van der Waals surface area contributed by atoms with E-state index in [1.165, 1.54) is 12.1 Å². The van der Waals surface area contributed by atoms with Crippen molar-refractivity contribution in [3.05, 3.63) is 120 Å². The molecule has 67 heavy (non-hydrogen) atoms. The molecule has 0 amide bonds. The molecular weight excluding hydrogens is 843 g/mol. The van der Waals surface area contributed by atoms with Crippen molar-refractivity contribution in [3.63, 3.8) is 0 Å². The molecule has 0 bridgehead atoms. The number of aryl methyl sites for hydroxylation is 2. The van der Waals surface area contributed by atoms with Gasteiger partial charge >= 0.3 is 0 Å². The highest BCUT2D eigenvalue weighted by atomic mass is 16.4. The molecule has 340 valence electrons. The lowest BCUT2D eigenvalue weighted by molar-refractivity contribution is 0.580. The topological polar surface area (TPSA) is 230 Å². The Balaban J connectivity index is 0.000000220. The van der Waals surface area contributed by atoms with E-state index in [2.05, 4.69) is 80.1 Å². The van der Waals surface area contributed by atoms with Gasteiger partial charge in [0.05, 0.1) is 69.5 Å². The Morgan fingerprint density at radius 1 is 0.612 bits per heavy atom. The fourth-order valence-corrected chi connectivity index (χ4v) is 6.88. The number of aromatic nitrogens is 10. The Hall–Kier alpha value is -8.28. The molecule has 17 nitrogen and oxygen atoms in total. The van der Waals surface area contributed by atoms with Crippen LogP contribution in [0.3, 0.4) is 0 Å². The highest BCUT2D eigenvalue weighted by molar-refractivity contribution is 5.66. The fourth-order valence-electron chi connectivity index (χ4n) is 6.88. The SMILES string of the molecule is CNCCNc1ccc(-c2nnc(-c3nc(-c4ccnc(C(C)(C)C#N)c4)cnc3C)o2)cc1.Cc1ncc(-c2ccnc(C(C)(C)C#N)c2)nc1-c1nnc(-c2ccc(N3CCC3)cc2)o1.[HH].[HH]. The van der Waals surface area contributed by atoms with Crippen molar-refractivity contribution in [2.75, 3.05) is 43.4 Å². The van der Waals surface area contributed by atoms with Crippen molar-refractivity contribution < 1.29 is 11.7 Å². The van der Waals surface area contributed by atoms with Crippen LogP contribution in [0.15, 0.2) is 106 Å². The van der Waals surface area contributed by atoms with Crippen molar-refractivity contribution in [2.45, 2.75) is 58.8 Å². The number of nitrogens with one attached hydrogen (secondary N) is 2. The summed E-state index contributed by atoms with van der Waals surface area (Å²) in [5.74, 6) is 1.46. The minimum absolute atomic E-state index is 0. The van der Waals surface area contributed by atoms with E-state index in [-0.39, 0.29) is 2.85 Å². The lowest BCUT2D eigenvalue weighted by atomic mass is 9.90. The van der Waals surface area contributed by atoms with Crippen LogP contribution in [0, 0.1) is 36.5 Å². The third-order valence-corrected chi connectivity index (χ3v) is 11.3. The maximum absolute atomic E-state index is 9.45. The second kappa shape index (κ2) is 19.4. The average molecular weight is 896 g/mol. The van der Waals surface area contributed by atoms with Crippen molar-refractivity contribution in [1.82, 2.24) is 55.6 Å². The monoisotopic (exact) mass is 895 g/mol. The molecular formula is C50H53N15O2. The van der Waals surface area contributed by atoms with E-state index < -0.39 is 10.8 Å². The lowest BCUT2D eigenvalue weighted by Crippen LogP contribution is -2.36. The number of likely N-dealkylation sites (N-methyl/N-ethyl adjacent to an activating group) is 1. The standard InChI is InChI=1S/C25H26N8O.C25H23N7O.2H2/c1-16-22(31-20(14-30-16)18-9-10-29-21(13-18)25(2,3)15-26)24-33-32-23(34-24)17-5-7-19(8-6-17)28-12-11-27-4;1-16-22(29-20(14-28-16)18-9-10-27-21(13-18)25(2,3)15-26)24-31-30-23(33-24)17-5-7-19(8-6-17)32-11-4-12-32;;/h5-10,13-14,27-28H,11-12H2,1-4H3;5-10,13-14H,4,11-12H2,1-3H3;2*1H. The molecule has 1 aliphatic rings. The van der Waals surface area contributed by atoms with Crippen LogP contribution in [0.2, 0.25) is 0 Å². The van der Waals surface area contributed by atoms with Gasteiger partial charge in [0, 0.05) is 75.1 Å². The molecule has 0 atom stereocenters. The van der Waals surface area contributed by atoms with Crippen LogP contribution in [0.5, 0.6) is 0 Å². The molecule has 2 aromatic carbocycles. The zero-order valence-corrected chi connectivity index (χ0v) is 38.4. The molecule has 17 heteroatoms. The minimum atomic E-state index is -0.712. The number of rotatable bonds is 13. The smallest absolute Gasteiger partial charge is 0.268 e. The normalized spacial score (nSPS) is 12.3. The van der Waals surface area contributed by atoms with Crippen molar-refractivity contribution in [2.24, 2.45) is 0 Å². The zero-order valence-electron chi connectivity index (χ0n) is 38.4. The first kappa shape index (κ1) is 45.3. The summed E-state index contributed by atoms with van der Waals surface area (Å²) in [6.07, 6.45) is 7.98. The summed E-state index contributed by atoms with van der Waals surface area (Å²) in [6, 6.07) is 27.9. The van der Waals surface area contributed by atoms with Gasteiger partial charge in [-0.1, -0.05) is 0 Å². The molecule has 1 fully saturated rings. The van der Waals surface area contributed by atoms with Crippen LogP contribution in [-0.4, -0.2) is 83.5 Å². The van der Waals surface area contributed by atoms with Crippen LogP contribution in [-0.2, 0) is 10.8 Å². The molecule has 9 rings (SSSR count). The Kier molecular flexibility index (Phi) is 13.1. The number of nitriles is 2. The first-order valence-corrected chi connectivity index (χ1v) is 21.8. The molecule has 7 heterocycles. The van der Waals surface area contributed by atoms with Crippen LogP contribution in [0.25, 0.3) is 68.6 Å². The van der Waals surface area contributed by atoms with Gasteiger partial charge in [0.1, 0.15) is 11.4 Å². The molecule has 0 saturated carbocycles. The van der Waals surface area contributed by atoms with Gasteiger partial charge in [0.15, 0.2) is 0 Å². The van der Waals surface area contributed by atoms with Gasteiger partial charge in [0.25, 0.3) is 11.8 Å². The number of nitrogens with zero attached hydrogens (tertiary/aromatic N) is 13. The van der Waals surface area contributed by atoms with E-state index in [1.807, 2.05) is 109 Å². The van der Waals surface area contributed by atoms with E-state index in [4.69, 9.17) is 18.8 Å². The molecule has 2 N–H and O–H groups in total. The van der Waals surface area contributed by atoms with Gasteiger partial charge in [-0.2, -0.15) is 10.5 Å². The van der Waals surface area contributed by atoms with E-state index in [9.17, 15) is 10.5 Å². The Labute approximate surface area is 391 Å². The first-order valence-electron chi connectivity index (χ1n) is 21.8. The Bertz CT molecular complexity index is 3100. The summed E-state index contributed by atoms with van der Waals surface area (Å²) >= 11 is 0. The van der Waals surface area contributed by atoms with Crippen molar-refractivity contribution in [1.29, 1.82) is 10.5 Å². The van der Waals surface area contributed by atoms with Crippen LogP contribution < -0.4 is 15.5 Å². The Morgan fingerprint density at radius 3 is 1.51 bits per heavy atom. The fraction of sp³-hybridized carbons (Fsp3) is 0.280. The predicted octanol–water partition coefficient (Wildman–Crippen LogP) is 9.06. The molecule has 0 aliphatic carbocycles. The number of pyridine rings is 2. The van der Waals surface area contributed by atoms with E-state index in [1.54, 1.807) is 24.8 Å². The van der Waals surface area contributed by atoms with Crippen molar-refractivity contribution >= 4 is 11.4 Å². The highest BCUT2D eigenvalue weighted by Gasteiger charge is 2.25. The van der Waals surface area contributed by atoms with Gasteiger partial charge in [-0.15, -0.1) is 20.4 Å². The summed E-state index contributed by atoms with van der Waals surface area (Å²) in [5.41, 5.74) is 9.13. The summed E-state index contributed by atoms with van der Waals surface area (Å²) in [5, 5.41) is 42.2. The van der Waals surface area contributed by atoms with Gasteiger partial charge in [-0.05, 0) is 128 Å². The molecule has 0 unspecified atom stereocenters. The predicted molar refractivity (Wildman–Crippen MR) is 258 cm³/mol. The van der Waals surface area contributed by atoms with Crippen LogP contribution >= 0.6 is 0 Å². The summed E-state index contributed by atoms with van der Waals surface area (Å²) in [7, 11) is 1.92. The number of hydrogen-bond donors (Lipinski definition) is 2. The first-order chi connectivity index (χ1) is 32.3. The molecule has 1 saturated heterocycles. The van der Waals surface area contributed by atoms with Gasteiger partial charge in [-0.25, -0.2) is 9.97 Å². The molecule has 1 aliphatic heterocycles. The zero-order chi connectivity index (χ0) is 47.1. The van der Waals surface area contributed by atoms with E-state index >= 15 is 0 Å². The summed E-state index contributed by atoms with van der Waals surface area (Å²) in [4.78, 5) is 29.5. The highest BCUT2D eigenvalue weighted by Crippen LogP contribution is 2.32. The number of benzene rings is 2. The van der Waals surface area contributed by atoms with Crippen LogP contribution in [0.1, 0.15) is 59.7 Å². The molecule has 0 radical (unpaired) electrons. The molecule has 6 aromatic heterocycles. The van der Waals surface area contributed by atoms with E-state index in [0.717, 1.165) is 54.1 Å². The van der Waals surface area contributed by atoms with Gasteiger partial charge in [0.2, 0.25) is 11.8 Å². The van der Waals surface area contributed by atoms with Gasteiger partial charge in [-0.3, -0.25) is 19.9 Å².